The quantitative estimate of drug-likeness (QED) is 0.731. The van der Waals surface area contributed by atoms with Crippen molar-refractivity contribution in [3.05, 3.63) is 35.6 Å². The van der Waals surface area contributed by atoms with E-state index in [1.807, 2.05) is 6.92 Å². The van der Waals surface area contributed by atoms with Gasteiger partial charge in [-0.1, -0.05) is 31.9 Å². The molecule has 0 spiro atoms. The molecule has 1 fully saturated rings. The lowest BCUT2D eigenvalue weighted by Gasteiger charge is -2.02. The largest absolute Gasteiger partial charge is 0.324 e. The number of rotatable bonds is 1. The molecule has 1 saturated carbocycles. The Bertz CT molecular complexity index is 262. The fourth-order valence-corrected chi connectivity index (χ4v) is 0.933. The van der Waals surface area contributed by atoms with Crippen LogP contribution in [0.5, 0.6) is 0 Å². The summed E-state index contributed by atoms with van der Waals surface area (Å²) in [6.07, 6.45) is 2.97. The summed E-state index contributed by atoms with van der Waals surface area (Å²) in [4.78, 5) is 0. The molecule has 1 aromatic rings. The van der Waals surface area contributed by atoms with E-state index < -0.39 is 0 Å². The molecule has 2 rings (SSSR count). The minimum absolute atomic E-state index is 0.0133. The molecule has 0 radical (unpaired) electrons. The lowest BCUT2D eigenvalue weighted by Crippen LogP contribution is -2.04. The summed E-state index contributed by atoms with van der Waals surface area (Å²) in [5.41, 5.74) is 6.50. The maximum atomic E-state index is 12.3. The van der Waals surface area contributed by atoms with E-state index >= 15 is 0 Å². The van der Waals surface area contributed by atoms with E-state index in [-0.39, 0.29) is 11.9 Å². The Morgan fingerprint density at radius 2 is 1.71 bits per heavy atom. The zero-order chi connectivity index (χ0) is 10.6. The molecule has 0 heterocycles. The Hall–Kier alpha value is -0.890. The molecule has 1 aliphatic carbocycles. The van der Waals surface area contributed by atoms with Crippen LogP contribution in [0.3, 0.4) is 0 Å². The van der Waals surface area contributed by atoms with Gasteiger partial charge in [-0.25, -0.2) is 4.39 Å². The first-order valence-electron chi connectivity index (χ1n) is 5.10. The zero-order valence-corrected chi connectivity index (χ0v) is 8.83. The average Bonchev–Trinajstić information content (AvgIpc) is 2.89. The molecule has 1 nitrogen and oxygen atoms in total. The number of benzene rings is 1. The summed E-state index contributed by atoms with van der Waals surface area (Å²) in [5.74, 6) is 0.865. The Balaban J connectivity index is 0.000000203. The van der Waals surface area contributed by atoms with Gasteiger partial charge in [0.2, 0.25) is 0 Å². The molecule has 0 unspecified atom stereocenters. The molecule has 0 aromatic heterocycles. The van der Waals surface area contributed by atoms with Crippen molar-refractivity contribution in [3.8, 4) is 0 Å². The highest BCUT2D eigenvalue weighted by molar-refractivity contribution is 5.18. The normalized spacial score (nSPS) is 16.9. The van der Waals surface area contributed by atoms with Gasteiger partial charge in [0.25, 0.3) is 0 Å². The fraction of sp³-hybridized carbons (Fsp3) is 0.500. The Kier molecular flexibility index (Phi) is 4.08. The summed E-state index contributed by atoms with van der Waals surface area (Å²) >= 11 is 0. The molecule has 2 N–H and O–H groups in total. The molecular weight excluding hydrogens is 177 g/mol. The molecule has 1 aliphatic rings. The second-order valence-electron chi connectivity index (χ2n) is 4.02. The molecule has 0 aliphatic heterocycles. The Morgan fingerprint density at radius 3 is 2.00 bits per heavy atom. The molecule has 78 valence electrons. The van der Waals surface area contributed by atoms with Crippen LogP contribution < -0.4 is 5.73 Å². The standard InChI is InChI=1S/C8H10FN.C4H8/c1-6(10)7-2-4-8(9)5-3-7;1-4-2-3-4/h2-6H,10H2,1H3;4H,2-3H2,1H3/t6-;/m1./s1. The fourth-order valence-electron chi connectivity index (χ4n) is 0.933. The van der Waals surface area contributed by atoms with Crippen LogP contribution >= 0.6 is 0 Å². The average molecular weight is 195 g/mol. The summed E-state index contributed by atoms with van der Waals surface area (Å²) in [6, 6.07) is 6.21. The van der Waals surface area contributed by atoms with Crippen LogP contribution in [0.15, 0.2) is 24.3 Å². The second kappa shape index (κ2) is 5.11. The SMILES string of the molecule is CC1CC1.C[C@@H](N)c1ccc(F)cc1. The lowest BCUT2D eigenvalue weighted by molar-refractivity contribution is 0.626. The highest BCUT2D eigenvalue weighted by atomic mass is 19.1. The van der Waals surface area contributed by atoms with Crippen LogP contribution in [0, 0.1) is 11.7 Å². The van der Waals surface area contributed by atoms with E-state index in [4.69, 9.17) is 5.73 Å². The number of hydrogen-bond donors (Lipinski definition) is 1. The van der Waals surface area contributed by atoms with Gasteiger partial charge in [0.05, 0.1) is 0 Å². The van der Waals surface area contributed by atoms with Gasteiger partial charge in [-0.2, -0.15) is 0 Å². The van der Waals surface area contributed by atoms with Crippen LogP contribution in [0.2, 0.25) is 0 Å². The van der Waals surface area contributed by atoms with Gasteiger partial charge in [0.1, 0.15) is 5.82 Å². The minimum Gasteiger partial charge on any atom is -0.324 e. The van der Waals surface area contributed by atoms with Crippen molar-refractivity contribution in [2.24, 2.45) is 11.7 Å². The monoisotopic (exact) mass is 195 g/mol. The molecule has 0 bridgehead atoms. The van der Waals surface area contributed by atoms with Crippen molar-refractivity contribution in [2.75, 3.05) is 0 Å². The van der Waals surface area contributed by atoms with E-state index in [1.165, 1.54) is 25.0 Å². The first-order valence-corrected chi connectivity index (χ1v) is 5.10. The van der Waals surface area contributed by atoms with Crippen molar-refractivity contribution in [1.82, 2.24) is 0 Å². The minimum atomic E-state index is -0.218. The third-order valence-corrected chi connectivity index (χ3v) is 2.26. The third kappa shape index (κ3) is 4.38. The van der Waals surface area contributed by atoms with Gasteiger partial charge in [-0.05, 0) is 30.5 Å². The van der Waals surface area contributed by atoms with E-state index in [2.05, 4.69) is 6.92 Å². The summed E-state index contributed by atoms with van der Waals surface area (Å²) < 4.78 is 12.3. The topological polar surface area (TPSA) is 26.0 Å². The van der Waals surface area contributed by atoms with Crippen LogP contribution in [-0.4, -0.2) is 0 Å². The van der Waals surface area contributed by atoms with Gasteiger partial charge < -0.3 is 5.73 Å². The highest BCUT2D eigenvalue weighted by Crippen LogP contribution is 2.26. The summed E-state index contributed by atoms with van der Waals surface area (Å²) in [6.45, 7) is 4.15. The second-order valence-corrected chi connectivity index (χ2v) is 4.02. The Labute approximate surface area is 85.1 Å². The molecular formula is C12H18FN. The van der Waals surface area contributed by atoms with Crippen LogP contribution in [0.4, 0.5) is 4.39 Å². The van der Waals surface area contributed by atoms with Crippen molar-refractivity contribution in [3.63, 3.8) is 0 Å². The maximum Gasteiger partial charge on any atom is 0.123 e. The van der Waals surface area contributed by atoms with E-state index in [0.717, 1.165) is 11.5 Å². The molecule has 14 heavy (non-hydrogen) atoms. The van der Waals surface area contributed by atoms with Gasteiger partial charge in [-0.3, -0.25) is 0 Å². The van der Waals surface area contributed by atoms with Crippen LogP contribution in [-0.2, 0) is 0 Å². The summed E-state index contributed by atoms with van der Waals surface area (Å²) in [7, 11) is 0. The van der Waals surface area contributed by atoms with E-state index in [9.17, 15) is 4.39 Å². The molecule has 0 saturated heterocycles. The van der Waals surface area contributed by atoms with Crippen molar-refractivity contribution in [2.45, 2.75) is 32.7 Å². The predicted molar refractivity (Wildman–Crippen MR) is 57.4 cm³/mol. The van der Waals surface area contributed by atoms with Crippen molar-refractivity contribution < 1.29 is 4.39 Å². The van der Waals surface area contributed by atoms with E-state index in [0.29, 0.717) is 0 Å². The molecule has 0 amide bonds. The van der Waals surface area contributed by atoms with Gasteiger partial charge in [0.15, 0.2) is 0 Å². The van der Waals surface area contributed by atoms with Crippen molar-refractivity contribution in [1.29, 1.82) is 0 Å². The van der Waals surface area contributed by atoms with E-state index in [1.54, 1.807) is 12.1 Å². The highest BCUT2D eigenvalue weighted by Gasteiger charge is 2.12. The van der Waals surface area contributed by atoms with Crippen LogP contribution in [0.1, 0.15) is 38.3 Å². The van der Waals surface area contributed by atoms with Gasteiger partial charge in [0, 0.05) is 6.04 Å². The summed E-state index contributed by atoms with van der Waals surface area (Å²) in [5, 5.41) is 0. The smallest absolute Gasteiger partial charge is 0.123 e. The van der Waals surface area contributed by atoms with Gasteiger partial charge >= 0.3 is 0 Å². The number of nitrogens with two attached hydrogens (primary N) is 1. The number of hydrogen-bond acceptors (Lipinski definition) is 1. The number of halogens is 1. The van der Waals surface area contributed by atoms with Gasteiger partial charge in [-0.15, -0.1) is 0 Å². The van der Waals surface area contributed by atoms with Crippen molar-refractivity contribution >= 4 is 0 Å². The third-order valence-electron chi connectivity index (χ3n) is 2.26. The predicted octanol–water partition coefficient (Wildman–Crippen LogP) is 3.26. The molecule has 1 aromatic carbocycles. The Morgan fingerprint density at radius 1 is 1.29 bits per heavy atom. The van der Waals surface area contributed by atoms with Crippen LogP contribution in [0.25, 0.3) is 0 Å². The zero-order valence-electron chi connectivity index (χ0n) is 8.83. The first kappa shape index (κ1) is 11.2. The lowest BCUT2D eigenvalue weighted by atomic mass is 10.1. The first-order chi connectivity index (χ1) is 6.59. The molecule has 2 heteroatoms. The maximum absolute atomic E-state index is 12.3. The molecule has 1 atom stereocenters.